The number of fused-ring (bicyclic) bond motifs is 1. The van der Waals surface area contributed by atoms with Crippen molar-refractivity contribution in [2.24, 2.45) is 0 Å². The number of hydrogen-bond donors (Lipinski definition) is 2. The van der Waals surface area contributed by atoms with Gasteiger partial charge in [0.15, 0.2) is 11.5 Å². The molecule has 31 heavy (non-hydrogen) atoms. The van der Waals surface area contributed by atoms with E-state index in [0.717, 1.165) is 33.9 Å². The first-order valence-corrected chi connectivity index (χ1v) is 10.9. The summed E-state index contributed by atoms with van der Waals surface area (Å²) < 4.78 is 5.84. The number of aliphatic hydroxyl groups is 1. The van der Waals surface area contributed by atoms with E-state index in [1.54, 1.807) is 38.1 Å². The van der Waals surface area contributed by atoms with E-state index in [-0.39, 0.29) is 17.4 Å². The van der Waals surface area contributed by atoms with Crippen LogP contribution in [0, 0.1) is 6.92 Å². The molecule has 0 aliphatic heterocycles. The van der Waals surface area contributed by atoms with Crippen LogP contribution in [0.1, 0.15) is 73.5 Å². The Balaban J connectivity index is 2.15. The molecule has 0 fully saturated rings. The Hall–Kier alpha value is -2.85. The molecule has 0 aromatic heterocycles. The summed E-state index contributed by atoms with van der Waals surface area (Å²) in [7, 11) is 0. The van der Waals surface area contributed by atoms with E-state index in [2.05, 4.69) is 6.07 Å². The first-order valence-electron chi connectivity index (χ1n) is 10.9. The van der Waals surface area contributed by atoms with Gasteiger partial charge in [0, 0.05) is 10.9 Å². The van der Waals surface area contributed by atoms with Gasteiger partial charge in [-0.05, 0) is 80.7 Å². The van der Waals surface area contributed by atoms with E-state index in [1.165, 1.54) is 0 Å². The van der Waals surface area contributed by atoms with Crippen molar-refractivity contribution in [1.82, 2.24) is 0 Å². The number of carbonyl (C=O) groups is 1. The standard InChI is InChI=1S/C27H32O4/c1-17(2)22-16-20-14-13-18(3)21(12-9-15-27(4,5)30)23(20)25(24(22)28)31-26(29)19-10-7-6-8-11-19/h6-8,10-11,13-14,16-17,28,30H,9,12,15H2,1-5H3. The molecule has 0 unspecified atom stereocenters. The Kier molecular flexibility index (Phi) is 6.71. The van der Waals surface area contributed by atoms with Crippen LogP contribution in [-0.4, -0.2) is 21.8 Å². The Bertz CT molecular complexity index is 1080. The summed E-state index contributed by atoms with van der Waals surface area (Å²) in [5, 5.41) is 22.9. The second-order valence-corrected chi connectivity index (χ2v) is 9.18. The predicted molar refractivity (Wildman–Crippen MR) is 125 cm³/mol. The number of esters is 1. The van der Waals surface area contributed by atoms with Crippen molar-refractivity contribution in [2.45, 2.75) is 65.4 Å². The fourth-order valence-electron chi connectivity index (χ4n) is 3.93. The van der Waals surface area contributed by atoms with Crippen LogP contribution in [-0.2, 0) is 6.42 Å². The van der Waals surface area contributed by atoms with E-state index in [4.69, 9.17) is 4.74 Å². The van der Waals surface area contributed by atoms with Crippen LogP contribution in [0.3, 0.4) is 0 Å². The van der Waals surface area contributed by atoms with Crippen molar-refractivity contribution in [3.63, 3.8) is 0 Å². The Morgan fingerprint density at radius 3 is 2.39 bits per heavy atom. The number of ether oxygens (including phenoxy) is 1. The monoisotopic (exact) mass is 420 g/mol. The molecular weight excluding hydrogens is 388 g/mol. The van der Waals surface area contributed by atoms with Crippen molar-refractivity contribution in [3.05, 3.63) is 70.8 Å². The first kappa shape index (κ1) is 22.8. The maximum Gasteiger partial charge on any atom is 0.343 e. The average molecular weight is 421 g/mol. The van der Waals surface area contributed by atoms with E-state index in [9.17, 15) is 15.0 Å². The lowest BCUT2D eigenvalue weighted by Crippen LogP contribution is -2.18. The van der Waals surface area contributed by atoms with Crippen molar-refractivity contribution in [3.8, 4) is 11.5 Å². The zero-order valence-corrected chi connectivity index (χ0v) is 19.0. The van der Waals surface area contributed by atoms with Crippen LogP contribution < -0.4 is 4.74 Å². The molecule has 3 rings (SSSR count). The summed E-state index contributed by atoms with van der Waals surface area (Å²) >= 11 is 0. The minimum Gasteiger partial charge on any atom is -0.504 e. The molecule has 0 saturated carbocycles. The molecule has 0 bridgehead atoms. The van der Waals surface area contributed by atoms with E-state index in [0.29, 0.717) is 18.4 Å². The van der Waals surface area contributed by atoms with Gasteiger partial charge in [0.25, 0.3) is 0 Å². The molecule has 0 aliphatic rings. The summed E-state index contributed by atoms with van der Waals surface area (Å²) in [6.45, 7) is 9.63. The maximum absolute atomic E-state index is 12.9. The molecule has 0 atom stereocenters. The van der Waals surface area contributed by atoms with Crippen LogP contribution >= 0.6 is 0 Å². The smallest absolute Gasteiger partial charge is 0.343 e. The van der Waals surface area contributed by atoms with Gasteiger partial charge < -0.3 is 14.9 Å². The number of phenolic OH excluding ortho intramolecular Hbond substituents is 1. The van der Waals surface area contributed by atoms with Crippen LogP contribution in [0.15, 0.2) is 48.5 Å². The number of aryl methyl sites for hydroxylation is 2. The van der Waals surface area contributed by atoms with Gasteiger partial charge in [0.05, 0.1) is 11.2 Å². The van der Waals surface area contributed by atoms with E-state index >= 15 is 0 Å². The molecule has 0 heterocycles. The summed E-state index contributed by atoms with van der Waals surface area (Å²) in [6.07, 6.45) is 2.14. The highest BCUT2D eigenvalue weighted by Crippen LogP contribution is 2.44. The zero-order chi connectivity index (χ0) is 22.8. The number of carbonyl (C=O) groups excluding carboxylic acids is 1. The fourth-order valence-corrected chi connectivity index (χ4v) is 3.93. The van der Waals surface area contributed by atoms with Crippen LogP contribution in [0.4, 0.5) is 0 Å². The highest BCUT2D eigenvalue weighted by Gasteiger charge is 2.23. The lowest BCUT2D eigenvalue weighted by Gasteiger charge is -2.21. The summed E-state index contributed by atoms with van der Waals surface area (Å²) in [4.78, 5) is 12.9. The Morgan fingerprint density at radius 1 is 1.10 bits per heavy atom. The summed E-state index contributed by atoms with van der Waals surface area (Å²) in [5.41, 5.74) is 2.53. The van der Waals surface area contributed by atoms with Crippen molar-refractivity contribution in [1.29, 1.82) is 0 Å². The third-order valence-electron chi connectivity index (χ3n) is 5.65. The highest BCUT2D eigenvalue weighted by molar-refractivity contribution is 5.99. The van der Waals surface area contributed by atoms with Crippen LogP contribution in [0.2, 0.25) is 0 Å². The SMILES string of the molecule is Cc1ccc2cc(C(C)C)c(O)c(OC(=O)c3ccccc3)c2c1CCCC(C)(C)O. The van der Waals surface area contributed by atoms with Crippen LogP contribution in [0.5, 0.6) is 11.5 Å². The second kappa shape index (κ2) is 9.11. The van der Waals surface area contributed by atoms with Gasteiger partial charge in [-0.1, -0.05) is 44.2 Å². The van der Waals surface area contributed by atoms with Gasteiger partial charge in [0.1, 0.15) is 0 Å². The molecule has 4 nitrogen and oxygen atoms in total. The molecule has 0 radical (unpaired) electrons. The van der Waals surface area contributed by atoms with E-state index in [1.807, 2.05) is 39.0 Å². The fraction of sp³-hybridized carbons (Fsp3) is 0.370. The molecule has 164 valence electrons. The van der Waals surface area contributed by atoms with Crippen molar-refractivity contribution < 1.29 is 19.7 Å². The van der Waals surface area contributed by atoms with Gasteiger partial charge in [-0.2, -0.15) is 0 Å². The lowest BCUT2D eigenvalue weighted by atomic mass is 9.90. The zero-order valence-electron chi connectivity index (χ0n) is 19.0. The van der Waals surface area contributed by atoms with Gasteiger partial charge in [-0.15, -0.1) is 0 Å². The van der Waals surface area contributed by atoms with Gasteiger partial charge in [-0.3, -0.25) is 0 Å². The molecule has 4 heteroatoms. The maximum atomic E-state index is 12.9. The van der Waals surface area contributed by atoms with Crippen molar-refractivity contribution >= 4 is 16.7 Å². The normalized spacial score (nSPS) is 11.8. The summed E-state index contributed by atoms with van der Waals surface area (Å²) in [5.74, 6) is -0.196. The average Bonchev–Trinajstić information content (AvgIpc) is 2.71. The number of phenols is 1. The molecule has 3 aromatic carbocycles. The molecule has 0 aliphatic carbocycles. The second-order valence-electron chi connectivity index (χ2n) is 9.18. The Labute approximate surface area is 184 Å². The molecular formula is C27H32O4. The summed E-state index contributed by atoms with van der Waals surface area (Å²) in [6, 6.07) is 14.9. The van der Waals surface area contributed by atoms with Gasteiger partial charge in [-0.25, -0.2) is 4.79 Å². The third-order valence-corrected chi connectivity index (χ3v) is 5.65. The third kappa shape index (κ3) is 5.26. The van der Waals surface area contributed by atoms with Gasteiger partial charge in [0.2, 0.25) is 0 Å². The molecule has 3 aromatic rings. The topological polar surface area (TPSA) is 66.8 Å². The van der Waals surface area contributed by atoms with Crippen molar-refractivity contribution in [2.75, 3.05) is 0 Å². The highest BCUT2D eigenvalue weighted by atomic mass is 16.5. The molecule has 0 saturated heterocycles. The largest absolute Gasteiger partial charge is 0.504 e. The van der Waals surface area contributed by atoms with Crippen LogP contribution in [0.25, 0.3) is 10.8 Å². The van der Waals surface area contributed by atoms with Gasteiger partial charge >= 0.3 is 5.97 Å². The minimum atomic E-state index is -0.742. The first-order chi connectivity index (χ1) is 14.6. The molecule has 0 amide bonds. The number of aromatic hydroxyl groups is 1. The number of rotatable bonds is 7. The quantitative estimate of drug-likeness (QED) is 0.348. The number of benzene rings is 3. The lowest BCUT2D eigenvalue weighted by molar-refractivity contribution is 0.0689. The molecule has 0 spiro atoms. The molecule has 2 N–H and O–H groups in total. The predicted octanol–water partition coefficient (Wildman–Crippen LogP) is 6.29. The minimum absolute atomic E-state index is 0.0149. The number of hydrogen-bond acceptors (Lipinski definition) is 4. The Morgan fingerprint density at radius 2 is 1.77 bits per heavy atom. The van der Waals surface area contributed by atoms with E-state index < -0.39 is 11.6 Å².